The number of nitro benzene ring substituents is 1. The highest BCUT2D eigenvalue weighted by molar-refractivity contribution is 6.31. The fourth-order valence-corrected chi connectivity index (χ4v) is 1.64. The summed E-state index contributed by atoms with van der Waals surface area (Å²) < 4.78 is 0. The number of rotatable bonds is 2. The van der Waals surface area contributed by atoms with Crippen molar-refractivity contribution >= 4 is 35.5 Å². The van der Waals surface area contributed by atoms with Gasteiger partial charge in [0.05, 0.1) is 11.5 Å². The Morgan fingerprint density at radius 2 is 2.19 bits per heavy atom. The lowest BCUT2D eigenvalue weighted by atomic mass is 10.2. The number of amidine groups is 1. The Kier molecular flexibility index (Phi) is 4.09. The highest BCUT2D eigenvalue weighted by Gasteiger charge is 2.14. The van der Waals surface area contributed by atoms with E-state index in [9.17, 15) is 10.1 Å². The van der Waals surface area contributed by atoms with Gasteiger partial charge in [-0.15, -0.1) is 12.4 Å². The molecule has 0 radical (unpaired) electrons. The summed E-state index contributed by atoms with van der Waals surface area (Å²) in [7, 11) is 0. The molecule has 1 aromatic carbocycles. The van der Waals surface area contributed by atoms with Crippen LogP contribution in [0.3, 0.4) is 0 Å². The van der Waals surface area contributed by atoms with Crippen LogP contribution in [-0.2, 0) is 0 Å². The summed E-state index contributed by atoms with van der Waals surface area (Å²) in [4.78, 5) is 14.3. The predicted octanol–water partition coefficient (Wildman–Crippen LogP) is 2.02. The fraction of sp³-hybridized carbons (Fsp3) is 0.222. The van der Waals surface area contributed by atoms with Crippen LogP contribution in [0.1, 0.15) is 5.56 Å². The molecule has 0 bridgehead atoms. The third-order valence-corrected chi connectivity index (χ3v) is 2.26. The molecule has 16 heavy (non-hydrogen) atoms. The van der Waals surface area contributed by atoms with Gasteiger partial charge in [-0.2, -0.15) is 0 Å². The van der Waals surface area contributed by atoms with E-state index in [4.69, 9.17) is 11.6 Å². The number of nitrogens with one attached hydrogen (secondary N) is 1. The molecular weight excluding hydrogens is 253 g/mol. The van der Waals surface area contributed by atoms with Crippen molar-refractivity contribution in [3.8, 4) is 0 Å². The molecule has 0 amide bonds. The summed E-state index contributed by atoms with van der Waals surface area (Å²) >= 11 is 5.79. The first-order valence-electron chi connectivity index (χ1n) is 4.40. The smallest absolute Gasteiger partial charge is 0.271 e. The van der Waals surface area contributed by atoms with E-state index in [-0.39, 0.29) is 18.1 Å². The quantitative estimate of drug-likeness (QED) is 0.654. The lowest BCUT2D eigenvalue weighted by Crippen LogP contribution is -2.19. The van der Waals surface area contributed by atoms with E-state index in [1.54, 1.807) is 6.07 Å². The number of nitro groups is 1. The number of aliphatic imine (C=N–C) groups is 1. The summed E-state index contributed by atoms with van der Waals surface area (Å²) in [6.07, 6.45) is 0. The molecule has 0 unspecified atom stereocenters. The van der Waals surface area contributed by atoms with E-state index in [1.165, 1.54) is 12.1 Å². The summed E-state index contributed by atoms with van der Waals surface area (Å²) in [6.45, 7) is 1.45. The van der Waals surface area contributed by atoms with Crippen LogP contribution >= 0.6 is 24.0 Å². The molecular formula is C9H9Cl2N3O2. The Labute approximate surface area is 103 Å². The zero-order valence-corrected chi connectivity index (χ0v) is 9.72. The third-order valence-electron chi connectivity index (χ3n) is 2.04. The van der Waals surface area contributed by atoms with Gasteiger partial charge in [-0.05, 0) is 6.07 Å². The molecule has 0 aliphatic carbocycles. The van der Waals surface area contributed by atoms with Gasteiger partial charge >= 0.3 is 0 Å². The van der Waals surface area contributed by atoms with E-state index in [0.717, 1.165) is 6.54 Å². The van der Waals surface area contributed by atoms with Crippen LogP contribution in [0.4, 0.5) is 5.69 Å². The van der Waals surface area contributed by atoms with Crippen LogP contribution < -0.4 is 5.32 Å². The number of hydrogen-bond donors (Lipinski definition) is 1. The highest BCUT2D eigenvalue weighted by atomic mass is 35.5. The molecule has 7 heteroatoms. The molecule has 0 saturated carbocycles. The van der Waals surface area contributed by atoms with Crippen LogP contribution in [-0.4, -0.2) is 23.8 Å². The molecule has 1 aromatic rings. The van der Waals surface area contributed by atoms with Gasteiger partial charge in [-0.3, -0.25) is 15.1 Å². The minimum Gasteiger partial charge on any atom is -0.368 e. The number of hydrogen-bond acceptors (Lipinski definition) is 4. The second kappa shape index (κ2) is 5.14. The Morgan fingerprint density at radius 3 is 2.75 bits per heavy atom. The first kappa shape index (κ1) is 12.7. The maximum Gasteiger partial charge on any atom is 0.271 e. The van der Waals surface area contributed by atoms with Crippen LogP contribution in [0.2, 0.25) is 5.02 Å². The van der Waals surface area contributed by atoms with Gasteiger partial charge in [-0.25, -0.2) is 0 Å². The van der Waals surface area contributed by atoms with Gasteiger partial charge in [0.15, 0.2) is 0 Å². The monoisotopic (exact) mass is 261 g/mol. The summed E-state index contributed by atoms with van der Waals surface area (Å²) in [5.41, 5.74) is 0.639. The molecule has 1 heterocycles. The van der Waals surface area contributed by atoms with Crippen molar-refractivity contribution in [3.63, 3.8) is 0 Å². The third kappa shape index (κ3) is 2.62. The van der Waals surface area contributed by atoms with Crippen molar-refractivity contribution in [1.29, 1.82) is 0 Å². The van der Waals surface area contributed by atoms with Gasteiger partial charge < -0.3 is 5.32 Å². The van der Waals surface area contributed by atoms with Gasteiger partial charge in [-0.1, -0.05) is 11.6 Å². The Hall–Kier alpha value is -1.33. The summed E-state index contributed by atoms with van der Waals surface area (Å²) in [6, 6.07) is 4.44. The topological polar surface area (TPSA) is 67.5 Å². The number of nitrogens with zero attached hydrogens (tertiary/aromatic N) is 2. The molecule has 5 nitrogen and oxygen atoms in total. The normalized spacial score (nSPS) is 13.7. The molecule has 86 valence electrons. The Bertz CT molecular complexity index is 448. The molecule has 0 fully saturated rings. The zero-order chi connectivity index (χ0) is 10.8. The van der Waals surface area contributed by atoms with Gasteiger partial charge in [0.2, 0.25) is 0 Å². The SMILES string of the molecule is Cl.O=[N+]([O-])c1cc(Cl)cc(C2=NCCN2)c1. The number of halogens is 2. The molecule has 0 aromatic heterocycles. The van der Waals surface area contributed by atoms with Crippen LogP contribution in [0, 0.1) is 10.1 Å². The van der Waals surface area contributed by atoms with E-state index in [1.807, 2.05) is 0 Å². The summed E-state index contributed by atoms with van der Waals surface area (Å²) in [5.74, 6) is 0.667. The van der Waals surface area contributed by atoms with E-state index in [2.05, 4.69) is 10.3 Å². The zero-order valence-electron chi connectivity index (χ0n) is 8.14. The number of non-ortho nitro benzene ring substituents is 1. The maximum atomic E-state index is 10.6. The van der Waals surface area contributed by atoms with Crippen molar-refractivity contribution in [2.45, 2.75) is 0 Å². The molecule has 1 N–H and O–H groups in total. The lowest BCUT2D eigenvalue weighted by molar-refractivity contribution is -0.384. The second-order valence-electron chi connectivity index (χ2n) is 3.11. The molecule has 0 saturated heterocycles. The van der Waals surface area contributed by atoms with E-state index < -0.39 is 4.92 Å². The van der Waals surface area contributed by atoms with E-state index in [0.29, 0.717) is 23.0 Å². The largest absolute Gasteiger partial charge is 0.368 e. The van der Waals surface area contributed by atoms with Crippen molar-refractivity contribution in [3.05, 3.63) is 38.9 Å². The number of benzene rings is 1. The second-order valence-corrected chi connectivity index (χ2v) is 3.55. The molecule has 1 aliphatic heterocycles. The molecule has 0 atom stereocenters. The standard InChI is InChI=1S/C9H8ClN3O2.ClH/c10-7-3-6(9-11-1-2-12-9)4-8(5-7)13(14)15;/h3-5H,1-2H2,(H,11,12);1H. The van der Waals surface area contributed by atoms with Crippen LogP contribution in [0.5, 0.6) is 0 Å². The van der Waals surface area contributed by atoms with Crippen molar-refractivity contribution in [2.24, 2.45) is 4.99 Å². The average Bonchev–Trinajstić information content (AvgIpc) is 2.69. The fourth-order valence-electron chi connectivity index (χ4n) is 1.41. The molecule has 1 aliphatic rings. The van der Waals surface area contributed by atoms with Crippen molar-refractivity contribution in [1.82, 2.24) is 5.32 Å². The highest BCUT2D eigenvalue weighted by Crippen LogP contribution is 2.21. The average molecular weight is 262 g/mol. The minimum absolute atomic E-state index is 0. The Balaban J connectivity index is 0.00000128. The van der Waals surface area contributed by atoms with Crippen molar-refractivity contribution in [2.75, 3.05) is 13.1 Å². The maximum absolute atomic E-state index is 10.6. The Morgan fingerprint density at radius 1 is 1.44 bits per heavy atom. The van der Waals surface area contributed by atoms with Crippen molar-refractivity contribution < 1.29 is 4.92 Å². The van der Waals surface area contributed by atoms with Crippen LogP contribution in [0.25, 0.3) is 0 Å². The van der Waals surface area contributed by atoms with Crippen LogP contribution in [0.15, 0.2) is 23.2 Å². The summed E-state index contributed by atoms with van der Waals surface area (Å²) in [5, 5.41) is 14.0. The van der Waals surface area contributed by atoms with Gasteiger partial charge in [0, 0.05) is 29.3 Å². The van der Waals surface area contributed by atoms with Gasteiger partial charge in [0.1, 0.15) is 5.84 Å². The first-order chi connectivity index (χ1) is 7.16. The lowest BCUT2D eigenvalue weighted by Gasteiger charge is -2.02. The first-order valence-corrected chi connectivity index (χ1v) is 4.78. The minimum atomic E-state index is -0.467. The van der Waals surface area contributed by atoms with Gasteiger partial charge in [0.25, 0.3) is 5.69 Å². The molecule has 2 rings (SSSR count). The van der Waals surface area contributed by atoms with E-state index >= 15 is 0 Å². The predicted molar refractivity (Wildman–Crippen MR) is 64.8 cm³/mol. The molecule has 0 spiro atoms.